The lowest BCUT2D eigenvalue weighted by Gasteiger charge is -2.53. The van der Waals surface area contributed by atoms with E-state index in [-0.39, 0.29) is 5.41 Å². The Morgan fingerprint density at radius 3 is 2.84 bits per heavy atom. The number of H-pyrrole nitrogens is 1. The molecule has 0 atom stereocenters. The fourth-order valence-electron chi connectivity index (χ4n) is 6.04. The molecule has 0 unspecified atom stereocenters. The first kappa shape index (κ1) is 19.3. The van der Waals surface area contributed by atoms with Gasteiger partial charge in [0.05, 0.1) is 5.60 Å². The topological polar surface area (TPSA) is 70.6 Å². The Morgan fingerprint density at radius 1 is 1.26 bits per heavy atom. The van der Waals surface area contributed by atoms with E-state index in [4.69, 9.17) is 9.49 Å². The average Bonchev–Trinajstić information content (AvgIpc) is 3.40. The maximum absolute atomic E-state index is 10.5. The molecule has 1 saturated carbocycles. The number of nitrogens with zero attached hydrogens (tertiary/aromatic N) is 2. The molecular formula is C24H28BN3O3. The summed E-state index contributed by atoms with van der Waals surface area (Å²) >= 11 is 0. The van der Waals surface area contributed by atoms with Gasteiger partial charge in [-0.25, -0.2) is 4.98 Å². The molecule has 6 rings (SSSR count). The van der Waals surface area contributed by atoms with E-state index >= 15 is 0 Å². The van der Waals surface area contributed by atoms with E-state index in [0.717, 1.165) is 66.6 Å². The van der Waals surface area contributed by atoms with Crippen LogP contribution in [0.3, 0.4) is 0 Å². The number of pyridine rings is 1. The summed E-state index contributed by atoms with van der Waals surface area (Å²) < 4.78 is 6.16. The van der Waals surface area contributed by atoms with Crippen LogP contribution in [0.5, 0.6) is 5.75 Å². The molecule has 3 aliphatic rings. The summed E-state index contributed by atoms with van der Waals surface area (Å²) in [5.74, 6) is 1.55. The predicted molar refractivity (Wildman–Crippen MR) is 120 cm³/mol. The summed E-state index contributed by atoms with van der Waals surface area (Å²) in [6, 6.07) is 10.5. The van der Waals surface area contributed by atoms with Gasteiger partial charge in [0.2, 0.25) is 0 Å². The lowest BCUT2D eigenvalue weighted by molar-refractivity contribution is -0.128. The zero-order valence-corrected chi connectivity index (χ0v) is 18.1. The number of nitrogens with one attached hydrogen (secondary N) is 1. The Balaban J connectivity index is 1.16. The lowest BCUT2D eigenvalue weighted by Crippen LogP contribution is -2.52. The van der Waals surface area contributed by atoms with Crippen LogP contribution in [0.2, 0.25) is 0 Å². The molecule has 1 saturated heterocycles. The minimum absolute atomic E-state index is 0.171. The van der Waals surface area contributed by atoms with Gasteiger partial charge in [0.15, 0.2) is 0 Å². The smallest absolute Gasteiger partial charge is 0.423 e. The van der Waals surface area contributed by atoms with Gasteiger partial charge >= 0.3 is 7.12 Å². The van der Waals surface area contributed by atoms with E-state index in [1.807, 2.05) is 12.3 Å². The largest absolute Gasteiger partial charge is 0.493 e. The fourth-order valence-corrected chi connectivity index (χ4v) is 6.04. The second-order valence-electron chi connectivity index (χ2n) is 10.1. The third-order valence-electron chi connectivity index (χ3n) is 7.20. The fraction of sp³-hybridized carbons (Fsp3) is 0.458. The minimum Gasteiger partial charge on any atom is -0.423 e. The zero-order valence-electron chi connectivity index (χ0n) is 18.1. The first-order valence-corrected chi connectivity index (χ1v) is 11.3. The molecule has 3 aromatic rings. The van der Waals surface area contributed by atoms with Gasteiger partial charge < -0.3 is 19.5 Å². The Kier molecular flexibility index (Phi) is 4.26. The van der Waals surface area contributed by atoms with E-state index in [1.54, 1.807) is 6.20 Å². The first-order valence-electron chi connectivity index (χ1n) is 11.3. The highest BCUT2D eigenvalue weighted by molar-refractivity contribution is 6.62. The summed E-state index contributed by atoms with van der Waals surface area (Å²) in [5.41, 5.74) is 3.90. The SMILES string of the molecule is CC(C)Cc1ccc(ON2CCC3(C2)CC2(C3)OB(O)c3cnc4[nH]ccc4c32)cc1. The van der Waals surface area contributed by atoms with Crippen molar-refractivity contribution in [1.82, 2.24) is 15.0 Å². The predicted octanol–water partition coefficient (Wildman–Crippen LogP) is 3.15. The molecule has 2 spiro atoms. The standard InChI is InChI=1S/C24H28BN3O3/c1-16(2)11-17-3-5-18(6-4-17)30-28-10-8-23(15-28)13-24(14-23)21-19-7-9-26-22(19)27-12-20(21)25(29)31-24/h3-7,9,12,16,29H,8,10-11,13-15H2,1-2H3,(H,26,27). The van der Waals surface area contributed by atoms with E-state index in [2.05, 4.69) is 53.1 Å². The van der Waals surface area contributed by atoms with Crippen LogP contribution in [0.25, 0.3) is 11.0 Å². The van der Waals surface area contributed by atoms with Crippen LogP contribution in [0.1, 0.15) is 44.2 Å². The Bertz CT molecular complexity index is 1120. The number of aromatic nitrogens is 2. The molecule has 0 amide bonds. The monoisotopic (exact) mass is 417 g/mol. The molecule has 31 heavy (non-hydrogen) atoms. The Morgan fingerprint density at radius 2 is 2.06 bits per heavy atom. The molecule has 1 aliphatic carbocycles. The number of fused-ring (bicyclic) bond motifs is 4. The number of aromatic amines is 1. The molecular weight excluding hydrogens is 389 g/mol. The van der Waals surface area contributed by atoms with E-state index in [0.29, 0.717) is 5.92 Å². The van der Waals surface area contributed by atoms with Crippen molar-refractivity contribution in [3.63, 3.8) is 0 Å². The molecule has 2 fully saturated rings. The molecule has 7 heteroatoms. The van der Waals surface area contributed by atoms with E-state index in [9.17, 15) is 5.02 Å². The van der Waals surface area contributed by atoms with Gasteiger partial charge in [-0.15, -0.1) is 5.06 Å². The molecule has 1 aromatic carbocycles. The number of benzene rings is 1. The molecule has 2 aliphatic heterocycles. The molecule has 0 bridgehead atoms. The first-order chi connectivity index (χ1) is 15.0. The maximum atomic E-state index is 10.5. The van der Waals surface area contributed by atoms with Crippen LogP contribution in [-0.2, 0) is 16.7 Å². The van der Waals surface area contributed by atoms with Crippen molar-refractivity contribution in [2.24, 2.45) is 11.3 Å². The van der Waals surface area contributed by atoms with E-state index < -0.39 is 12.7 Å². The van der Waals surface area contributed by atoms with Gasteiger partial charge in [-0.3, -0.25) is 0 Å². The number of hydroxylamine groups is 2. The third kappa shape index (κ3) is 3.10. The van der Waals surface area contributed by atoms with Gasteiger partial charge in [0.1, 0.15) is 11.4 Å². The highest BCUT2D eigenvalue weighted by Crippen LogP contribution is 2.62. The number of hydrogen-bond acceptors (Lipinski definition) is 5. The Labute approximate surface area is 182 Å². The molecule has 160 valence electrons. The maximum Gasteiger partial charge on any atom is 0.493 e. The van der Waals surface area contributed by atoms with Crippen molar-refractivity contribution in [2.75, 3.05) is 13.1 Å². The van der Waals surface area contributed by atoms with Crippen molar-refractivity contribution in [1.29, 1.82) is 0 Å². The van der Waals surface area contributed by atoms with Crippen LogP contribution in [0, 0.1) is 11.3 Å². The second-order valence-corrected chi connectivity index (χ2v) is 10.1. The second kappa shape index (κ2) is 6.83. The molecule has 6 nitrogen and oxygen atoms in total. The van der Waals surface area contributed by atoms with Gasteiger partial charge in [-0.1, -0.05) is 26.0 Å². The van der Waals surface area contributed by atoms with Crippen LogP contribution >= 0.6 is 0 Å². The van der Waals surface area contributed by atoms with Crippen LogP contribution < -0.4 is 10.3 Å². The van der Waals surface area contributed by atoms with Gasteiger partial charge in [0, 0.05) is 36.3 Å². The van der Waals surface area contributed by atoms with Crippen LogP contribution in [0.15, 0.2) is 42.7 Å². The van der Waals surface area contributed by atoms with Gasteiger partial charge in [-0.2, -0.15) is 0 Å². The lowest BCUT2D eigenvalue weighted by atomic mass is 9.56. The minimum atomic E-state index is -0.891. The molecule has 2 N–H and O–H groups in total. The van der Waals surface area contributed by atoms with Crippen LogP contribution in [0.4, 0.5) is 0 Å². The molecule has 4 heterocycles. The average molecular weight is 417 g/mol. The van der Waals surface area contributed by atoms with Crippen molar-refractivity contribution in [3.8, 4) is 5.75 Å². The van der Waals surface area contributed by atoms with Crippen molar-refractivity contribution in [2.45, 2.75) is 45.1 Å². The van der Waals surface area contributed by atoms with Crippen molar-refractivity contribution in [3.05, 3.63) is 53.9 Å². The van der Waals surface area contributed by atoms with Gasteiger partial charge in [-0.05, 0) is 66.3 Å². The Hall–Kier alpha value is -2.35. The van der Waals surface area contributed by atoms with Gasteiger partial charge in [0.25, 0.3) is 0 Å². The molecule has 0 radical (unpaired) electrons. The zero-order chi connectivity index (χ0) is 21.2. The quantitative estimate of drug-likeness (QED) is 0.639. The summed E-state index contributed by atoms with van der Waals surface area (Å²) in [4.78, 5) is 13.8. The highest BCUT2D eigenvalue weighted by Gasteiger charge is 2.63. The summed E-state index contributed by atoms with van der Waals surface area (Å²) in [6.45, 7) is 6.28. The van der Waals surface area contributed by atoms with Crippen molar-refractivity contribution >= 4 is 23.6 Å². The third-order valence-corrected chi connectivity index (χ3v) is 7.20. The van der Waals surface area contributed by atoms with E-state index in [1.165, 1.54) is 5.56 Å². The molecule has 2 aromatic heterocycles. The van der Waals surface area contributed by atoms with Crippen molar-refractivity contribution < 1.29 is 14.5 Å². The van der Waals surface area contributed by atoms with Crippen LogP contribution in [-0.4, -0.2) is 40.3 Å². The highest BCUT2D eigenvalue weighted by atomic mass is 16.7. The summed E-state index contributed by atoms with van der Waals surface area (Å²) in [5, 5.41) is 13.7. The normalized spacial score (nSPS) is 27.5. The summed E-state index contributed by atoms with van der Waals surface area (Å²) in [7, 11) is -0.891. The summed E-state index contributed by atoms with van der Waals surface area (Å²) in [6.07, 6.45) is 7.64. The number of hydrogen-bond donors (Lipinski definition) is 2. The number of rotatable bonds is 4.